The summed E-state index contributed by atoms with van der Waals surface area (Å²) in [6, 6.07) is 0. The van der Waals surface area contributed by atoms with Crippen molar-refractivity contribution in [3.05, 3.63) is 0 Å². The number of hydrogen-bond donors (Lipinski definition) is 3. The zero-order chi connectivity index (χ0) is 37.4. The van der Waals surface area contributed by atoms with Crippen LogP contribution in [0.4, 0.5) is 0 Å². The summed E-state index contributed by atoms with van der Waals surface area (Å²) in [6.07, 6.45) is 2.15. The van der Waals surface area contributed by atoms with Crippen LogP contribution < -0.4 is 5.73 Å². The van der Waals surface area contributed by atoms with Gasteiger partial charge in [-0.1, -0.05) is 27.7 Å². The van der Waals surface area contributed by atoms with E-state index in [0.717, 1.165) is 22.6 Å². The number of nitrogens with zero attached hydrogens (tertiary/aromatic N) is 2. The van der Waals surface area contributed by atoms with Gasteiger partial charge in [0, 0.05) is 49.4 Å². The molecule has 14 nitrogen and oxygen atoms in total. The highest BCUT2D eigenvalue weighted by Crippen LogP contribution is 2.37. The third-order valence-electron chi connectivity index (χ3n) is 10.6. The number of amides is 5. The number of rotatable bonds is 11. The first-order valence-electron chi connectivity index (χ1n) is 17.9. The number of imide groups is 2. The molecule has 8 atom stereocenters. The average molecular weight is 706 g/mol. The fourth-order valence-corrected chi connectivity index (χ4v) is 8.20. The summed E-state index contributed by atoms with van der Waals surface area (Å²) in [4.78, 5) is 97.4. The third-order valence-corrected chi connectivity index (χ3v) is 10.6. The topological polar surface area (TPSA) is 219 Å². The second kappa shape index (κ2) is 18.1. The van der Waals surface area contributed by atoms with E-state index >= 15 is 0 Å². The van der Waals surface area contributed by atoms with E-state index in [-0.39, 0.29) is 86.9 Å². The Morgan fingerprint density at radius 3 is 1.38 bits per heavy atom. The van der Waals surface area contributed by atoms with Gasteiger partial charge >= 0.3 is 5.97 Å². The standard InChI is InChI=1S/C19H29NO6.C17H26N2O5/c1-4-26-18(24)10-20-16(22)8-13(9-17(20)23)7-15(21)14-6-11(2)5-12(3)19(14)25;1-9-3-10(2)17(24)12(4-9)13(20)5-11-6-15(22)19(8-14(18)21)16(23)7-11/h11-15,21H,4-10H2,1-3H3;9-13,20H,3-8H2,1-2H3,(H2,18,21)/t11-,12?,14?,15+;9-,10?,12?,13+/m00/s1. The molecule has 4 fully saturated rings. The molecule has 2 aliphatic carbocycles. The third kappa shape index (κ3) is 11.0. The summed E-state index contributed by atoms with van der Waals surface area (Å²) in [5.74, 6) is -3.75. The van der Waals surface area contributed by atoms with Crippen LogP contribution in [-0.2, 0) is 43.1 Å². The second-order valence-electron chi connectivity index (χ2n) is 15.1. The molecule has 0 aromatic heterocycles. The Morgan fingerprint density at radius 1 is 0.680 bits per heavy atom. The normalized spacial score (nSPS) is 29.7. The Hall–Kier alpha value is -3.52. The molecular formula is C36H55N3O11. The number of piperidine rings is 2. The van der Waals surface area contributed by atoms with Gasteiger partial charge in [0.25, 0.3) is 0 Å². The van der Waals surface area contributed by atoms with Crippen molar-refractivity contribution in [3.63, 3.8) is 0 Å². The highest BCUT2D eigenvalue weighted by Gasteiger charge is 2.41. The zero-order valence-corrected chi connectivity index (χ0v) is 30.0. The van der Waals surface area contributed by atoms with Gasteiger partial charge in [-0.3, -0.25) is 48.2 Å². The number of primary amides is 1. The summed E-state index contributed by atoms with van der Waals surface area (Å²) >= 11 is 0. The predicted octanol–water partition coefficient (Wildman–Crippen LogP) is 1.56. The molecule has 4 aliphatic rings. The fourth-order valence-electron chi connectivity index (χ4n) is 8.20. The zero-order valence-electron chi connectivity index (χ0n) is 30.0. The molecule has 5 amide bonds. The van der Waals surface area contributed by atoms with Crippen LogP contribution in [0, 0.1) is 47.3 Å². The van der Waals surface area contributed by atoms with E-state index in [2.05, 4.69) is 13.8 Å². The highest BCUT2D eigenvalue weighted by atomic mass is 16.5. The smallest absolute Gasteiger partial charge is 0.326 e. The lowest BCUT2D eigenvalue weighted by atomic mass is 9.71. The summed E-state index contributed by atoms with van der Waals surface area (Å²) in [5.41, 5.74) is 5.04. The number of ether oxygens (including phenoxy) is 1. The van der Waals surface area contributed by atoms with Crippen molar-refractivity contribution in [2.24, 2.45) is 53.1 Å². The van der Waals surface area contributed by atoms with Gasteiger partial charge in [-0.25, -0.2) is 0 Å². The highest BCUT2D eigenvalue weighted by molar-refractivity contribution is 6.01. The Bertz CT molecular complexity index is 1280. The van der Waals surface area contributed by atoms with Gasteiger partial charge < -0.3 is 20.7 Å². The lowest BCUT2D eigenvalue weighted by molar-refractivity contribution is -0.159. The largest absolute Gasteiger partial charge is 0.465 e. The van der Waals surface area contributed by atoms with Gasteiger partial charge in [-0.05, 0) is 69.1 Å². The molecular weight excluding hydrogens is 650 g/mol. The van der Waals surface area contributed by atoms with Crippen molar-refractivity contribution in [3.8, 4) is 0 Å². The number of hydrogen-bond acceptors (Lipinski definition) is 11. The van der Waals surface area contributed by atoms with Crippen molar-refractivity contribution in [1.29, 1.82) is 0 Å². The molecule has 0 radical (unpaired) electrons. The van der Waals surface area contributed by atoms with Gasteiger partial charge in [-0.2, -0.15) is 0 Å². The van der Waals surface area contributed by atoms with Crippen LogP contribution in [0.5, 0.6) is 0 Å². The SMILES string of the molecule is CC1C[C@H](C)CC([C@H](O)CC2CC(=O)N(CC(N)=O)C(=O)C2)C1=O.CCOC(=O)CN1C(=O)CC(C[C@@H](O)C2C[C@@H](C)CC(C)C2=O)CC1=O. The number of ketones is 2. The first-order chi connectivity index (χ1) is 23.4. The number of esters is 1. The van der Waals surface area contributed by atoms with Crippen molar-refractivity contribution < 1.29 is 53.3 Å². The first-order valence-corrected chi connectivity index (χ1v) is 17.9. The summed E-state index contributed by atoms with van der Waals surface area (Å²) in [7, 11) is 0. The van der Waals surface area contributed by atoms with E-state index in [1.807, 2.05) is 13.8 Å². The molecule has 0 aromatic carbocycles. The van der Waals surface area contributed by atoms with Crippen LogP contribution in [-0.4, -0.2) is 99.0 Å². The Kier molecular flexibility index (Phi) is 14.8. The summed E-state index contributed by atoms with van der Waals surface area (Å²) in [6.45, 7) is 8.99. The fraction of sp³-hybridized carbons (Fsp3) is 0.778. The van der Waals surface area contributed by atoms with Crippen LogP contribution in [0.1, 0.15) is 98.8 Å². The lowest BCUT2D eigenvalue weighted by Gasteiger charge is -2.35. The lowest BCUT2D eigenvalue weighted by Crippen LogP contribution is -2.48. The number of nitrogens with two attached hydrogens (primary N) is 1. The molecule has 2 aliphatic heterocycles. The first kappa shape index (κ1) is 40.9. The number of likely N-dealkylation sites (tertiary alicyclic amines) is 2. The molecule has 50 heavy (non-hydrogen) atoms. The van der Waals surface area contributed by atoms with E-state index in [1.165, 1.54) is 0 Å². The summed E-state index contributed by atoms with van der Waals surface area (Å²) in [5, 5.41) is 21.0. The van der Waals surface area contributed by atoms with Crippen molar-refractivity contribution in [2.45, 2.75) is 111 Å². The minimum absolute atomic E-state index is 0.0610. The van der Waals surface area contributed by atoms with E-state index in [9.17, 15) is 48.6 Å². The monoisotopic (exact) mass is 705 g/mol. The van der Waals surface area contributed by atoms with Gasteiger partial charge in [0.2, 0.25) is 29.5 Å². The van der Waals surface area contributed by atoms with Crippen LogP contribution in [0.3, 0.4) is 0 Å². The minimum Gasteiger partial charge on any atom is -0.465 e. The van der Waals surface area contributed by atoms with E-state index < -0.39 is 66.1 Å². The molecule has 4 N–H and O–H groups in total. The minimum atomic E-state index is -0.838. The van der Waals surface area contributed by atoms with E-state index in [4.69, 9.17) is 10.5 Å². The molecule has 2 heterocycles. The maximum absolute atomic E-state index is 12.4. The molecule has 0 bridgehead atoms. The number of aliphatic hydroxyl groups excluding tert-OH is 2. The van der Waals surface area contributed by atoms with Crippen LogP contribution in [0.25, 0.3) is 0 Å². The Labute approximate surface area is 293 Å². The van der Waals surface area contributed by atoms with Crippen molar-refractivity contribution in [2.75, 3.05) is 19.7 Å². The maximum Gasteiger partial charge on any atom is 0.326 e. The van der Waals surface area contributed by atoms with E-state index in [1.54, 1.807) is 6.92 Å². The molecule has 0 spiro atoms. The number of Topliss-reactive ketones (excluding diaryl/α,β-unsaturated/α-hetero) is 2. The molecule has 14 heteroatoms. The van der Waals surface area contributed by atoms with Crippen LogP contribution in [0.15, 0.2) is 0 Å². The Morgan fingerprint density at radius 2 is 1.04 bits per heavy atom. The number of carbonyl (C=O) groups excluding carboxylic acids is 8. The molecule has 4 rings (SSSR count). The number of aliphatic hydroxyl groups is 2. The van der Waals surface area contributed by atoms with Gasteiger partial charge in [0.05, 0.1) is 18.8 Å². The molecule has 0 aromatic rings. The predicted molar refractivity (Wildman–Crippen MR) is 178 cm³/mol. The van der Waals surface area contributed by atoms with Gasteiger partial charge in [0.1, 0.15) is 24.7 Å². The summed E-state index contributed by atoms with van der Waals surface area (Å²) < 4.78 is 4.78. The van der Waals surface area contributed by atoms with Crippen molar-refractivity contribution >= 4 is 47.1 Å². The molecule has 2 saturated heterocycles. The molecule has 280 valence electrons. The second-order valence-corrected chi connectivity index (χ2v) is 15.1. The van der Waals surface area contributed by atoms with Crippen LogP contribution >= 0.6 is 0 Å². The average Bonchev–Trinajstić information content (AvgIpc) is 3.00. The van der Waals surface area contributed by atoms with Gasteiger partial charge in [0.15, 0.2) is 0 Å². The van der Waals surface area contributed by atoms with Crippen molar-refractivity contribution in [1.82, 2.24) is 9.80 Å². The van der Waals surface area contributed by atoms with E-state index in [0.29, 0.717) is 24.7 Å². The molecule has 2 saturated carbocycles. The molecule has 4 unspecified atom stereocenters. The van der Waals surface area contributed by atoms with Gasteiger partial charge in [-0.15, -0.1) is 0 Å². The quantitative estimate of drug-likeness (QED) is 0.207. The van der Waals surface area contributed by atoms with Crippen LogP contribution in [0.2, 0.25) is 0 Å². The maximum atomic E-state index is 12.4. The Balaban J connectivity index is 0.000000271. The number of carbonyl (C=O) groups is 8.